The molecular weight excluding hydrogens is 369 g/mol. The van der Waals surface area contributed by atoms with E-state index in [-0.39, 0.29) is 34.1 Å². The van der Waals surface area contributed by atoms with Crippen LogP contribution < -0.4 is 5.32 Å². The molecule has 1 heterocycles. The Balaban J connectivity index is 2.02. The van der Waals surface area contributed by atoms with Crippen molar-refractivity contribution in [2.45, 2.75) is 4.90 Å². The van der Waals surface area contributed by atoms with E-state index in [9.17, 15) is 9.59 Å². The molecule has 0 aliphatic rings. The molecule has 0 aliphatic heterocycles. The van der Waals surface area contributed by atoms with Gasteiger partial charge in [0.2, 0.25) is 5.91 Å². The molecule has 2 rings (SSSR count). The van der Waals surface area contributed by atoms with Gasteiger partial charge in [0.25, 0.3) is 5.91 Å². The van der Waals surface area contributed by atoms with Crippen LogP contribution in [0.2, 0.25) is 10.2 Å². The summed E-state index contributed by atoms with van der Waals surface area (Å²) in [5.41, 5.74) is 0.983. The predicted octanol–water partition coefficient (Wildman–Crippen LogP) is 3.82. The first-order valence-corrected chi connectivity index (χ1v) is 8.90. The minimum absolute atomic E-state index is 0.0954. The molecule has 1 N–H and O–H groups in total. The zero-order valence-electron chi connectivity index (χ0n) is 13.0. The Bertz CT molecular complexity index is 771. The number of thioether (sulfide) groups is 1. The lowest BCUT2D eigenvalue weighted by Gasteiger charge is -2.17. The molecule has 0 bridgehead atoms. The van der Waals surface area contributed by atoms with Crippen molar-refractivity contribution >= 4 is 52.5 Å². The molecule has 5 nitrogen and oxygen atoms in total. The first kappa shape index (κ1) is 18.6. The molecule has 0 radical (unpaired) electrons. The zero-order chi connectivity index (χ0) is 17.7. The molecule has 2 amide bonds. The molecule has 0 atom stereocenters. The number of amides is 2. The van der Waals surface area contributed by atoms with Crippen LogP contribution in [0.4, 0.5) is 5.69 Å². The third kappa shape index (κ3) is 4.63. The molecule has 24 heavy (non-hydrogen) atoms. The van der Waals surface area contributed by atoms with Gasteiger partial charge in [0, 0.05) is 18.1 Å². The molecule has 0 spiro atoms. The Labute approximate surface area is 154 Å². The predicted molar refractivity (Wildman–Crippen MR) is 98.1 cm³/mol. The standard InChI is InChI=1S/C16H15Cl2N3O2S/c1-21(16(23)10-7-11(17)15(18)19-8-10)9-14(22)20-12-5-3-4-6-13(12)24-2/h3-8H,9H2,1-2H3,(H,20,22). The SMILES string of the molecule is CSc1ccccc1NC(=O)CN(C)C(=O)c1cnc(Cl)c(Cl)c1. The summed E-state index contributed by atoms with van der Waals surface area (Å²) in [5, 5.41) is 3.12. The summed E-state index contributed by atoms with van der Waals surface area (Å²) in [6, 6.07) is 8.89. The van der Waals surface area contributed by atoms with Gasteiger partial charge in [-0.1, -0.05) is 35.3 Å². The number of anilines is 1. The lowest BCUT2D eigenvalue weighted by atomic mass is 10.2. The molecule has 2 aromatic rings. The largest absolute Gasteiger partial charge is 0.332 e. The number of pyridine rings is 1. The summed E-state index contributed by atoms with van der Waals surface area (Å²) in [4.78, 5) is 30.6. The normalized spacial score (nSPS) is 10.3. The van der Waals surface area contributed by atoms with Crippen molar-refractivity contribution in [3.05, 3.63) is 52.3 Å². The Morgan fingerprint density at radius 2 is 2.00 bits per heavy atom. The number of aromatic nitrogens is 1. The number of likely N-dealkylation sites (N-methyl/N-ethyl adjacent to an activating group) is 1. The Morgan fingerprint density at radius 3 is 2.67 bits per heavy atom. The second-order valence-corrected chi connectivity index (χ2v) is 6.52. The van der Waals surface area contributed by atoms with E-state index in [1.54, 1.807) is 0 Å². The van der Waals surface area contributed by atoms with E-state index in [0.29, 0.717) is 5.69 Å². The highest BCUT2D eigenvalue weighted by atomic mass is 35.5. The topological polar surface area (TPSA) is 62.3 Å². The average Bonchev–Trinajstić information content (AvgIpc) is 2.57. The number of halogens is 2. The summed E-state index contributed by atoms with van der Waals surface area (Å²) in [5.74, 6) is -0.658. The van der Waals surface area contributed by atoms with Gasteiger partial charge >= 0.3 is 0 Å². The molecule has 1 aromatic heterocycles. The minimum atomic E-state index is -0.366. The van der Waals surface area contributed by atoms with Crippen LogP contribution in [0.15, 0.2) is 41.4 Å². The van der Waals surface area contributed by atoms with Crippen molar-refractivity contribution in [1.82, 2.24) is 9.88 Å². The number of hydrogen-bond donors (Lipinski definition) is 1. The number of hydrogen-bond acceptors (Lipinski definition) is 4. The van der Waals surface area contributed by atoms with Crippen LogP contribution in [-0.4, -0.2) is 41.5 Å². The molecule has 0 saturated carbocycles. The highest BCUT2D eigenvalue weighted by Gasteiger charge is 2.17. The second-order valence-electron chi connectivity index (χ2n) is 4.91. The highest BCUT2D eigenvalue weighted by Crippen LogP contribution is 2.24. The molecule has 0 unspecified atom stereocenters. The van der Waals surface area contributed by atoms with E-state index >= 15 is 0 Å². The van der Waals surface area contributed by atoms with Crippen molar-refractivity contribution in [2.24, 2.45) is 0 Å². The lowest BCUT2D eigenvalue weighted by molar-refractivity contribution is -0.116. The van der Waals surface area contributed by atoms with E-state index in [0.717, 1.165) is 4.90 Å². The third-order valence-corrected chi connectivity index (χ3v) is 4.63. The Hall–Kier alpha value is -1.76. The number of nitrogens with zero attached hydrogens (tertiary/aromatic N) is 2. The maximum absolute atomic E-state index is 12.3. The fraction of sp³-hybridized carbons (Fsp3) is 0.188. The van der Waals surface area contributed by atoms with Gasteiger partial charge in [-0.2, -0.15) is 0 Å². The van der Waals surface area contributed by atoms with Crippen LogP contribution in [0.25, 0.3) is 0 Å². The first-order chi connectivity index (χ1) is 11.4. The first-order valence-electron chi connectivity index (χ1n) is 6.91. The number of rotatable bonds is 5. The fourth-order valence-corrected chi connectivity index (χ4v) is 2.81. The van der Waals surface area contributed by atoms with Crippen molar-refractivity contribution in [2.75, 3.05) is 25.2 Å². The van der Waals surface area contributed by atoms with Gasteiger partial charge in [0.05, 0.1) is 22.8 Å². The zero-order valence-corrected chi connectivity index (χ0v) is 15.4. The molecular formula is C16H15Cl2N3O2S. The van der Waals surface area contributed by atoms with E-state index in [1.807, 2.05) is 30.5 Å². The van der Waals surface area contributed by atoms with Gasteiger partial charge in [-0.15, -0.1) is 11.8 Å². The van der Waals surface area contributed by atoms with Crippen LogP contribution in [0, 0.1) is 0 Å². The molecule has 8 heteroatoms. The summed E-state index contributed by atoms with van der Waals surface area (Å²) in [6.07, 6.45) is 3.26. The van der Waals surface area contributed by atoms with Gasteiger partial charge in [-0.05, 0) is 24.5 Å². The molecule has 0 aliphatic carbocycles. The van der Waals surface area contributed by atoms with Crippen molar-refractivity contribution in [3.63, 3.8) is 0 Å². The van der Waals surface area contributed by atoms with Crippen molar-refractivity contribution in [1.29, 1.82) is 0 Å². The van der Waals surface area contributed by atoms with E-state index in [2.05, 4.69) is 10.3 Å². The maximum atomic E-state index is 12.3. The average molecular weight is 384 g/mol. The number of para-hydroxylation sites is 1. The van der Waals surface area contributed by atoms with E-state index < -0.39 is 0 Å². The number of benzene rings is 1. The lowest BCUT2D eigenvalue weighted by Crippen LogP contribution is -2.35. The van der Waals surface area contributed by atoms with Crippen molar-refractivity contribution in [3.8, 4) is 0 Å². The fourth-order valence-electron chi connectivity index (χ4n) is 1.98. The van der Waals surface area contributed by atoms with Crippen molar-refractivity contribution < 1.29 is 9.59 Å². The van der Waals surface area contributed by atoms with Crippen LogP contribution in [-0.2, 0) is 4.79 Å². The monoisotopic (exact) mass is 383 g/mol. The summed E-state index contributed by atoms with van der Waals surface area (Å²) in [7, 11) is 1.53. The smallest absolute Gasteiger partial charge is 0.255 e. The second kappa shape index (κ2) is 8.37. The van der Waals surface area contributed by atoms with Crippen LogP contribution >= 0.6 is 35.0 Å². The third-order valence-electron chi connectivity index (χ3n) is 3.15. The summed E-state index contributed by atoms with van der Waals surface area (Å²) < 4.78 is 0. The number of carbonyl (C=O) groups excluding carboxylic acids is 2. The van der Waals surface area contributed by atoms with Gasteiger partial charge < -0.3 is 10.2 Å². The van der Waals surface area contributed by atoms with E-state index in [4.69, 9.17) is 23.2 Å². The van der Waals surface area contributed by atoms with Gasteiger partial charge in [-0.3, -0.25) is 9.59 Å². The molecule has 0 fully saturated rings. The van der Waals surface area contributed by atoms with Gasteiger partial charge in [0.1, 0.15) is 5.15 Å². The van der Waals surface area contributed by atoms with Gasteiger partial charge in [-0.25, -0.2) is 4.98 Å². The summed E-state index contributed by atoms with van der Waals surface area (Å²) in [6.45, 7) is -0.0954. The number of nitrogens with one attached hydrogen (secondary N) is 1. The number of carbonyl (C=O) groups is 2. The van der Waals surface area contributed by atoms with E-state index in [1.165, 1.54) is 36.0 Å². The Kier molecular flexibility index (Phi) is 6.48. The molecule has 126 valence electrons. The Morgan fingerprint density at radius 1 is 1.29 bits per heavy atom. The maximum Gasteiger partial charge on any atom is 0.255 e. The minimum Gasteiger partial charge on any atom is -0.332 e. The van der Waals surface area contributed by atoms with Gasteiger partial charge in [0.15, 0.2) is 0 Å². The highest BCUT2D eigenvalue weighted by molar-refractivity contribution is 7.98. The van der Waals surface area contributed by atoms with Crippen LogP contribution in [0.3, 0.4) is 0 Å². The molecule has 1 aromatic carbocycles. The van der Waals surface area contributed by atoms with Crippen LogP contribution in [0.1, 0.15) is 10.4 Å². The summed E-state index contributed by atoms with van der Waals surface area (Å²) >= 11 is 13.1. The quantitative estimate of drug-likeness (QED) is 0.629. The van der Waals surface area contributed by atoms with Crippen LogP contribution in [0.5, 0.6) is 0 Å². The molecule has 0 saturated heterocycles.